The van der Waals surface area contributed by atoms with E-state index < -0.39 is 26.4 Å². The highest BCUT2D eigenvalue weighted by Gasteiger charge is 2.51. The molecule has 3 heterocycles. The highest BCUT2D eigenvalue weighted by atomic mass is 28.3. The van der Waals surface area contributed by atoms with Crippen LogP contribution in [0.1, 0.15) is 58.0 Å². The Kier molecular flexibility index (Phi) is 9.23. The maximum absolute atomic E-state index is 13.2. The summed E-state index contributed by atoms with van der Waals surface area (Å²) in [5, 5.41) is 0. The third-order valence-corrected chi connectivity index (χ3v) is 10.5. The Morgan fingerprint density at radius 3 is 2.35 bits per heavy atom. The quantitative estimate of drug-likeness (QED) is 0.191. The van der Waals surface area contributed by atoms with Crippen LogP contribution in [0.4, 0.5) is 4.79 Å². The second-order valence-electron chi connectivity index (χ2n) is 13.9. The Morgan fingerprint density at radius 1 is 1.02 bits per heavy atom. The first kappa shape index (κ1) is 31.5. The van der Waals surface area contributed by atoms with Crippen LogP contribution in [0.25, 0.3) is 11.3 Å². The molecule has 2 aromatic carbocycles. The number of benzene rings is 2. The normalized spacial score (nSPS) is 19.7. The van der Waals surface area contributed by atoms with E-state index in [9.17, 15) is 4.79 Å². The summed E-state index contributed by atoms with van der Waals surface area (Å²) in [7, 11) is -1.64. The van der Waals surface area contributed by atoms with Crippen molar-refractivity contribution in [3.05, 3.63) is 72.2 Å². The molecule has 0 radical (unpaired) electrons. The van der Waals surface area contributed by atoms with Gasteiger partial charge in [-0.3, -0.25) is 4.90 Å². The van der Waals surface area contributed by atoms with Gasteiger partial charge in [0.05, 0.1) is 22.9 Å². The van der Waals surface area contributed by atoms with E-state index in [2.05, 4.69) is 64.0 Å². The third-order valence-electron chi connectivity index (χ3n) is 8.76. The maximum Gasteiger partial charge on any atom is 0.494 e. The van der Waals surface area contributed by atoms with Crippen molar-refractivity contribution in [1.82, 2.24) is 14.5 Å². The zero-order valence-electron chi connectivity index (χ0n) is 26.8. The molecule has 0 aliphatic carbocycles. The minimum absolute atomic E-state index is 0.179. The molecule has 2 aliphatic heterocycles. The van der Waals surface area contributed by atoms with Crippen molar-refractivity contribution in [2.45, 2.75) is 96.8 Å². The largest absolute Gasteiger partial charge is 0.494 e. The van der Waals surface area contributed by atoms with E-state index in [1.807, 2.05) is 53.6 Å². The fourth-order valence-corrected chi connectivity index (χ4v) is 6.08. The zero-order valence-corrected chi connectivity index (χ0v) is 27.8. The molecule has 2 fully saturated rings. The van der Waals surface area contributed by atoms with E-state index in [4.69, 9.17) is 23.8 Å². The first-order chi connectivity index (χ1) is 20.3. The van der Waals surface area contributed by atoms with Crippen LogP contribution in [0.15, 0.2) is 60.8 Å². The summed E-state index contributed by atoms with van der Waals surface area (Å²) < 4.78 is 26.4. The molecular formula is C33H46BN3O5Si. The molecule has 0 spiro atoms. The SMILES string of the molecule is CC1(C)OB(c2ccc(-c3cn(COCC[Si](C)(C)C)c(C4CCCN4C(=O)OCc4ccccc4)n3)cc2)OC1(C)C. The third kappa shape index (κ3) is 7.42. The minimum atomic E-state index is -1.22. The van der Waals surface area contributed by atoms with Gasteiger partial charge in [0.15, 0.2) is 0 Å². The maximum atomic E-state index is 13.2. The lowest BCUT2D eigenvalue weighted by atomic mass is 9.79. The van der Waals surface area contributed by atoms with Crippen molar-refractivity contribution >= 4 is 26.7 Å². The van der Waals surface area contributed by atoms with Crippen LogP contribution in [0.3, 0.4) is 0 Å². The number of carbonyl (C=O) groups is 1. The summed E-state index contributed by atoms with van der Waals surface area (Å²) in [6, 6.07) is 18.9. The summed E-state index contributed by atoms with van der Waals surface area (Å²) >= 11 is 0. The van der Waals surface area contributed by atoms with Crippen LogP contribution in [0.2, 0.25) is 25.7 Å². The van der Waals surface area contributed by atoms with E-state index in [-0.39, 0.29) is 18.7 Å². The van der Waals surface area contributed by atoms with E-state index in [1.54, 1.807) is 0 Å². The average Bonchev–Trinajstić information content (AvgIpc) is 3.66. The predicted molar refractivity (Wildman–Crippen MR) is 173 cm³/mol. The molecular weight excluding hydrogens is 557 g/mol. The summed E-state index contributed by atoms with van der Waals surface area (Å²) in [5.41, 5.74) is 2.98. The van der Waals surface area contributed by atoms with Gasteiger partial charge in [0.25, 0.3) is 0 Å². The number of imidazole rings is 1. The smallest absolute Gasteiger partial charge is 0.445 e. The fourth-order valence-electron chi connectivity index (χ4n) is 5.33. The fraction of sp³-hybridized carbons (Fsp3) is 0.515. The Bertz CT molecular complexity index is 1370. The molecule has 0 N–H and O–H groups in total. The molecule has 2 aliphatic rings. The average molecular weight is 604 g/mol. The van der Waals surface area contributed by atoms with Crippen molar-refractivity contribution in [3.63, 3.8) is 0 Å². The van der Waals surface area contributed by atoms with E-state index in [0.29, 0.717) is 19.9 Å². The number of amides is 1. The molecule has 8 nitrogen and oxygen atoms in total. The number of hydrogen-bond acceptors (Lipinski definition) is 6. The van der Waals surface area contributed by atoms with Crippen molar-refractivity contribution < 1.29 is 23.6 Å². The van der Waals surface area contributed by atoms with Gasteiger partial charge in [0.1, 0.15) is 19.2 Å². The monoisotopic (exact) mass is 603 g/mol. The van der Waals surface area contributed by atoms with Crippen LogP contribution >= 0.6 is 0 Å². The molecule has 43 heavy (non-hydrogen) atoms. The van der Waals surface area contributed by atoms with Crippen LogP contribution < -0.4 is 5.46 Å². The van der Waals surface area contributed by atoms with Crippen LogP contribution in [0.5, 0.6) is 0 Å². The lowest BCUT2D eigenvalue weighted by Crippen LogP contribution is -2.41. The van der Waals surface area contributed by atoms with E-state index >= 15 is 0 Å². The van der Waals surface area contributed by atoms with Gasteiger partial charge in [0.2, 0.25) is 0 Å². The van der Waals surface area contributed by atoms with Gasteiger partial charge < -0.3 is 23.3 Å². The van der Waals surface area contributed by atoms with Gasteiger partial charge in [-0.05, 0) is 57.6 Å². The summed E-state index contributed by atoms with van der Waals surface area (Å²) in [6.45, 7) is 17.3. The molecule has 1 atom stereocenters. The second-order valence-corrected chi connectivity index (χ2v) is 19.5. The van der Waals surface area contributed by atoms with Gasteiger partial charge in [-0.2, -0.15) is 0 Å². The molecule has 1 unspecified atom stereocenters. The molecule has 1 amide bonds. The standard InChI is InChI=1S/C33H46BN3O5Si/c1-32(2)33(3,4)42-34(41-32)27-17-15-26(16-18-27)28-22-36(24-39-20-21-43(5,6)7)30(35-28)29-14-11-19-37(29)31(38)40-23-25-12-9-8-10-13-25/h8-10,12-13,15-18,22,29H,11,14,19-21,23-24H2,1-7H3. The zero-order chi connectivity index (χ0) is 30.8. The second kappa shape index (κ2) is 12.6. The summed E-state index contributed by atoms with van der Waals surface area (Å²) in [4.78, 5) is 20.1. The molecule has 2 saturated heterocycles. The molecule has 3 aromatic rings. The Balaban J connectivity index is 1.35. The van der Waals surface area contributed by atoms with Crippen molar-refractivity contribution in [2.24, 2.45) is 0 Å². The summed E-state index contributed by atoms with van der Waals surface area (Å²) in [5.74, 6) is 0.826. The van der Waals surface area contributed by atoms with Crippen molar-refractivity contribution in [3.8, 4) is 11.3 Å². The molecule has 0 bridgehead atoms. The Morgan fingerprint density at radius 2 is 1.70 bits per heavy atom. The first-order valence-electron chi connectivity index (χ1n) is 15.4. The summed E-state index contributed by atoms with van der Waals surface area (Å²) in [6.07, 6.45) is 3.45. The van der Waals surface area contributed by atoms with Gasteiger partial charge in [0, 0.05) is 33.0 Å². The predicted octanol–water partition coefficient (Wildman–Crippen LogP) is 6.64. The van der Waals surface area contributed by atoms with Crippen LogP contribution in [-0.4, -0.2) is 60.1 Å². The minimum Gasteiger partial charge on any atom is -0.445 e. The molecule has 0 saturated carbocycles. The van der Waals surface area contributed by atoms with Crippen molar-refractivity contribution in [2.75, 3.05) is 13.2 Å². The molecule has 1 aromatic heterocycles. The Hall–Kier alpha value is -2.92. The highest BCUT2D eigenvalue weighted by Crippen LogP contribution is 2.37. The highest BCUT2D eigenvalue weighted by molar-refractivity contribution is 6.76. The lowest BCUT2D eigenvalue weighted by molar-refractivity contribution is 0.00578. The van der Waals surface area contributed by atoms with Gasteiger partial charge in [-0.1, -0.05) is 74.2 Å². The van der Waals surface area contributed by atoms with Crippen LogP contribution in [0, 0.1) is 0 Å². The van der Waals surface area contributed by atoms with Gasteiger partial charge >= 0.3 is 13.2 Å². The number of aromatic nitrogens is 2. The van der Waals surface area contributed by atoms with Crippen molar-refractivity contribution in [1.29, 1.82) is 0 Å². The number of rotatable bonds is 10. The van der Waals surface area contributed by atoms with Gasteiger partial charge in [-0.15, -0.1) is 0 Å². The number of hydrogen-bond donors (Lipinski definition) is 0. The molecule has 230 valence electrons. The number of ether oxygens (including phenoxy) is 2. The van der Waals surface area contributed by atoms with Crippen LogP contribution in [-0.2, 0) is 32.1 Å². The molecule has 10 heteroatoms. The number of carbonyl (C=O) groups excluding carboxylic acids is 1. The first-order valence-corrected chi connectivity index (χ1v) is 19.1. The van der Waals surface area contributed by atoms with E-state index in [1.165, 1.54) is 0 Å². The van der Waals surface area contributed by atoms with Gasteiger partial charge in [-0.25, -0.2) is 9.78 Å². The Labute approximate surface area is 257 Å². The number of likely N-dealkylation sites (tertiary alicyclic amines) is 1. The van der Waals surface area contributed by atoms with E-state index in [0.717, 1.165) is 47.0 Å². The topological polar surface area (TPSA) is 75.1 Å². The molecule has 5 rings (SSSR count). The lowest BCUT2D eigenvalue weighted by Gasteiger charge is -2.32. The number of nitrogens with zero attached hydrogens (tertiary/aromatic N) is 3.